The fourth-order valence-corrected chi connectivity index (χ4v) is 4.62. The van der Waals surface area contributed by atoms with E-state index in [1.54, 1.807) is 31.3 Å². The van der Waals surface area contributed by atoms with Gasteiger partial charge in [-0.1, -0.05) is 37.6 Å². The molecule has 0 saturated carbocycles. The van der Waals surface area contributed by atoms with E-state index in [4.69, 9.17) is 21.1 Å². The molecule has 206 valence electrons. The highest BCUT2D eigenvalue weighted by molar-refractivity contribution is 6.30. The fourth-order valence-electron chi connectivity index (χ4n) is 4.37. The van der Waals surface area contributed by atoms with E-state index in [9.17, 15) is 20.0 Å². The fraction of sp³-hybridized carbons (Fsp3) is 0.259. The number of nitrogens with one attached hydrogen (secondary N) is 1. The molecule has 0 aliphatic heterocycles. The van der Waals surface area contributed by atoms with E-state index < -0.39 is 12.0 Å². The highest BCUT2D eigenvalue weighted by Gasteiger charge is 2.33. The van der Waals surface area contributed by atoms with Crippen LogP contribution in [-0.4, -0.2) is 49.6 Å². The first-order chi connectivity index (χ1) is 19.1. The molecule has 1 unspecified atom stereocenters. The summed E-state index contributed by atoms with van der Waals surface area (Å²) in [4.78, 5) is 34.1. The van der Waals surface area contributed by atoms with Gasteiger partial charge in [0.25, 0.3) is 5.56 Å². The lowest BCUT2D eigenvalue weighted by molar-refractivity contribution is 0.0688. The number of halogens is 1. The maximum atomic E-state index is 13.0. The van der Waals surface area contributed by atoms with Gasteiger partial charge in [0.1, 0.15) is 11.4 Å². The third kappa shape index (κ3) is 5.32. The van der Waals surface area contributed by atoms with Crippen LogP contribution in [0.15, 0.2) is 47.5 Å². The summed E-state index contributed by atoms with van der Waals surface area (Å²) in [7, 11) is 4.39. The highest BCUT2D eigenvalue weighted by atomic mass is 35.5. The monoisotopic (exact) mass is 563 g/mol. The van der Waals surface area contributed by atoms with Crippen molar-refractivity contribution in [1.82, 2.24) is 24.3 Å². The number of pyridine rings is 1. The molecular weight excluding hydrogens is 538 g/mol. The van der Waals surface area contributed by atoms with Crippen LogP contribution < -0.4 is 20.3 Å². The van der Waals surface area contributed by atoms with Crippen molar-refractivity contribution in [3.63, 3.8) is 0 Å². The average Bonchev–Trinajstić information content (AvgIpc) is 3.34. The Hall–Kier alpha value is -4.89. The Morgan fingerprint density at radius 1 is 1.20 bits per heavy atom. The van der Waals surface area contributed by atoms with Gasteiger partial charge in [0.2, 0.25) is 5.88 Å². The van der Waals surface area contributed by atoms with Crippen molar-refractivity contribution >= 4 is 23.3 Å². The van der Waals surface area contributed by atoms with Crippen molar-refractivity contribution in [2.45, 2.75) is 25.8 Å². The van der Waals surface area contributed by atoms with E-state index in [0.29, 0.717) is 27.4 Å². The lowest BCUT2D eigenvalue weighted by atomic mass is 9.91. The van der Waals surface area contributed by atoms with Crippen molar-refractivity contribution in [3.05, 3.63) is 86.2 Å². The maximum Gasteiger partial charge on any atom is 0.356 e. The van der Waals surface area contributed by atoms with Crippen LogP contribution in [0.25, 0.3) is 5.69 Å². The zero-order chi connectivity index (χ0) is 29.1. The van der Waals surface area contributed by atoms with Crippen LogP contribution in [0.4, 0.5) is 5.69 Å². The van der Waals surface area contributed by atoms with Crippen LogP contribution in [0, 0.1) is 11.3 Å². The molecule has 0 aliphatic carbocycles. The molecule has 3 heterocycles. The van der Waals surface area contributed by atoms with Gasteiger partial charge >= 0.3 is 12.0 Å². The molecule has 40 heavy (non-hydrogen) atoms. The molecule has 3 aromatic heterocycles. The molecule has 13 heteroatoms. The largest absolute Gasteiger partial charge is 0.479 e. The maximum absolute atomic E-state index is 13.0. The van der Waals surface area contributed by atoms with E-state index in [0.717, 1.165) is 0 Å². The Labute approximate surface area is 234 Å². The van der Waals surface area contributed by atoms with Crippen molar-refractivity contribution in [3.8, 4) is 23.6 Å². The van der Waals surface area contributed by atoms with Crippen LogP contribution in [0.2, 0.25) is 5.02 Å². The van der Waals surface area contributed by atoms with E-state index in [1.165, 1.54) is 41.9 Å². The first kappa shape index (κ1) is 28.1. The predicted molar refractivity (Wildman–Crippen MR) is 147 cm³/mol. The Kier molecular flexibility index (Phi) is 8.06. The molecule has 0 bridgehead atoms. The van der Waals surface area contributed by atoms with Gasteiger partial charge in [0.15, 0.2) is 5.69 Å². The molecule has 12 nitrogen and oxygen atoms in total. The van der Waals surface area contributed by atoms with Gasteiger partial charge in [-0.15, -0.1) is 0 Å². The average molecular weight is 564 g/mol. The minimum atomic E-state index is -1.29. The van der Waals surface area contributed by atoms with Gasteiger partial charge in [-0.05, 0) is 29.7 Å². The van der Waals surface area contributed by atoms with Crippen LogP contribution in [0.5, 0.6) is 11.9 Å². The summed E-state index contributed by atoms with van der Waals surface area (Å²) in [5, 5.41) is 27.6. The smallest absolute Gasteiger partial charge is 0.356 e. The Bertz CT molecular complexity index is 1670. The van der Waals surface area contributed by atoms with E-state index in [2.05, 4.69) is 26.5 Å². The van der Waals surface area contributed by atoms with E-state index in [1.807, 2.05) is 13.8 Å². The molecule has 1 aromatic carbocycles. The number of aromatic carboxylic acids is 1. The molecule has 2 N–H and O–H groups in total. The summed E-state index contributed by atoms with van der Waals surface area (Å²) in [5.41, 5.74) is 1.61. The normalized spacial score (nSPS) is 11.7. The van der Waals surface area contributed by atoms with Gasteiger partial charge in [-0.25, -0.2) is 14.5 Å². The van der Waals surface area contributed by atoms with Gasteiger partial charge in [0.05, 0.1) is 48.8 Å². The Morgan fingerprint density at radius 3 is 2.48 bits per heavy atom. The second-order valence-electron chi connectivity index (χ2n) is 9.07. The molecule has 4 aromatic rings. The molecule has 0 fully saturated rings. The summed E-state index contributed by atoms with van der Waals surface area (Å²) in [6.45, 7) is 3.77. The Morgan fingerprint density at radius 2 is 1.90 bits per heavy atom. The molecule has 0 spiro atoms. The number of aryl methyl sites for hydroxylation is 1. The number of carboxylic acid groups (broad SMARTS) is 1. The van der Waals surface area contributed by atoms with E-state index in [-0.39, 0.29) is 40.4 Å². The summed E-state index contributed by atoms with van der Waals surface area (Å²) < 4.78 is 13.3. The SMILES string of the molecule is COc1ncc(-n2nc(C(=O)O)c(C(Nc3cc(Cl)cn(C)c3=O)c3ccc(C#N)cc3)c2C(C)C)c(OC)n1. The number of anilines is 1. The molecule has 4 rings (SSSR count). The third-order valence-electron chi connectivity index (χ3n) is 6.14. The number of aromatic nitrogens is 5. The molecule has 0 aliphatic rings. The predicted octanol–water partition coefficient (Wildman–Crippen LogP) is 3.93. The van der Waals surface area contributed by atoms with Crippen LogP contribution in [-0.2, 0) is 7.05 Å². The molecule has 0 saturated heterocycles. The zero-order valence-electron chi connectivity index (χ0n) is 22.3. The quantitative estimate of drug-likeness (QED) is 0.306. The number of rotatable bonds is 9. The number of carbonyl (C=O) groups is 1. The summed E-state index contributed by atoms with van der Waals surface area (Å²) in [6.07, 6.45) is 2.90. The molecule has 1 atom stereocenters. The minimum absolute atomic E-state index is 0.0615. The van der Waals surface area contributed by atoms with Gasteiger partial charge in [0, 0.05) is 18.8 Å². The van der Waals surface area contributed by atoms with Gasteiger partial charge < -0.3 is 24.5 Å². The van der Waals surface area contributed by atoms with Crippen molar-refractivity contribution < 1.29 is 19.4 Å². The lowest BCUT2D eigenvalue weighted by Crippen LogP contribution is -2.25. The molecule has 0 amide bonds. The van der Waals surface area contributed by atoms with Crippen LogP contribution in [0.1, 0.15) is 58.7 Å². The second kappa shape index (κ2) is 11.5. The summed E-state index contributed by atoms with van der Waals surface area (Å²) in [6, 6.07) is 9.32. The first-order valence-electron chi connectivity index (χ1n) is 12.0. The van der Waals surface area contributed by atoms with Crippen molar-refractivity contribution in [1.29, 1.82) is 5.26 Å². The first-order valence-corrected chi connectivity index (χ1v) is 12.4. The number of carboxylic acids is 1. The number of methoxy groups -OCH3 is 2. The minimum Gasteiger partial charge on any atom is -0.479 e. The third-order valence-corrected chi connectivity index (χ3v) is 6.34. The van der Waals surface area contributed by atoms with Crippen LogP contribution in [0.3, 0.4) is 0 Å². The van der Waals surface area contributed by atoms with Crippen molar-refractivity contribution in [2.75, 3.05) is 19.5 Å². The Balaban J connectivity index is 2.05. The molecular formula is C27H26ClN7O5. The molecule has 0 radical (unpaired) electrons. The highest BCUT2D eigenvalue weighted by Crippen LogP contribution is 2.37. The summed E-state index contributed by atoms with van der Waals surface area (Å²) >= 11 is 6.26. The van der Waals surface area contributed by atoms with E-state index >= 15 is 0 Å². The topological polar surface area (TPSA) is 157 Å². The summed E-state index contributed by atoms with van der Waals surface area (Å²) in [5.74, 6) is -1.44. The zero-order valence-corrected chi connectivity index (χ0v) is 23.1. The second-order valence-corrected chi connectivity index (χ2v) is 9.51. The standard InChI is InChI=1S/C27H26ClN7O5/c1-14(2)23-20(22(26(37)38)33-35(23)19-12-30-27(40-5)32-24(19)39-4)21(16-8-6-15(11-29)7-9-16)31-18-10-17(28)13-34(3)25(18)36/h6-10,12-14,21,31H,1-5H3,(H,37,38). The number of hydrogen-bond donors (Lipinski definition) is 2. The van der Waals surface area contributed by atoms with Crippen LogP contribution >= 0.6 is 11.6 Å². The number of benzene rings is 1. The number of hydrogen-bond acceptors (Lipinski definition) is 9. The van der Waals surface area contributed by atoms with Crippen molar-refractivity contribution in [2.24, 2.45) is 7.05 Å². The lowest BCUT2D eigenvalue weighted by Gasteiger charge is -2.24. The number of ether oxygens (including phenoxy) is 2. The number of nitrogens with zero attached hydrogens (tertiary/aromatic N) is 6. The van der Waals surface area contributed by atoms with Gasteiger partial charge in [-0.3, -0.25) is 4.79 Å². The van der Waals surface area contributed by atoms with Gasteiger partial charge in [-0.2, -0.15) is 15.3 Å². The number of nitriles is 1.